The van der Waals surface area contributed by atoms with Crippen LogP contribution < -0.4 is 0 Å². The largest absolute Gasteiger partial charge is 0.507 e. The third-order valence-electron chi connectivity index (χ3n) is 3.64. The molecule has 3 heteroatoms. The van der Waals surface area contributed by atoms with Crippen molar-refractivity contribution in [3.63, 3.8) is 0 Å². The minimum absolute atomic E-state index is 0.331. The maximum absolute atomic E-state index is 10.1. The summed E-state index contributed by atoms with van der Waals surface area (Å²) in [7, 11) is 0. The Bertz CT molecular complexity index is 826. The van der Waals surface area contributed by atoms with Gasteiger partial charge in [-0.15, -0.1) is 0 Å². The highest BCUT2D eigenvalue weighted by atomic mass is 127. The summed E-state index contributed by atoms with van der Waals surface area (Å²) in [5.41, 5.74) is 5.22. The smallest absolute Gasteiger partial charge is 0.125 e. The van der Waals surface area contributed by atoms with E-state index in [0.717, 1.165) is 28.6 Å². The van der Waals surface area contributed by atoms with Crippen molar-refractivity contribution in [1.29, 1.82) is 0 Å². The second-order valence-corrected chi connectivity index (χ2v) is 5.95. The second kappa shape index (κ2) is 3.93. The van der Waals surface area contributed by atoms with Gasteiger partial charge in [-0.3, -0.25) is 0 Å². The summed E-state index contributed by atoms with van der Waals surface area (Å²) < 4.78 is 1.19. The minimum atomic E-state index is 0.331. The fourth-order valence-corrected chi connectivity index (χ4v) is 3.39. The molecule has 0 saturated carbocycles. The summed E-state index contributed by atoms with van der Waals surface area (Å²) in [6, 6.07) is 14.0. The molecule has 0 radical (unpaired) electrons. The van der Waals surface area contributed by atoms with Gasteiger partial charge in [0.2, 0.25) is 0 Å². The zero-order valence-corrected chi connectivity index (χ0v) is 12.2. The Labute approximate surface area is 124 Å². The lowest BCUT2D eigenvalue weighted by molar-refractivity contribution is 0.477. The number of phenols is 1. The van der Waals surface area contributed by atoms with Gasteiger partial charge < -0.3 is 5.11 Å². The Kier molecular flexibility index (Phi) is 2.33. The van der Waals surface area contributed by atoms with Crippen molar-refractivity contribution >= 4 is 33.5 Å². The molecular weight excluding hydrogens is 349 g/mol. The van der Waals surface area contributed by atoms with Gasteiger partial charge >= 0.3 is 0 Å². The van der Waals surface area contributed by atoms with Crippen LogP contribution in [0.5, 0.6) is 5.75 Å². The maximum atomic E-state index is 10.1. The lowest BCUT2D eigenvalue weighted by Crippen LogP contribution is -1.87. The third kappa shape index (κ3) is 1.57. The summed E-state index contributed by atoms with van der Waals surface area (Å²) in [6.45, 7) is 0. The van der Waals surface area contributed by atoms with Crippen molar-refractivity contribution in [1.82, 2.24) is 4.98 Å². The van der Waals surface area contributed by atoms with Gasteiger partial charge in [-0.2, -0.15) is 0 Å². The quantitative estimate of drug-likeness (QED) is 0.479. The van der Waals surface area contributed by atoms with E-state index in [1.165, 1.54) is 14.7 Å². The molecule has 4 rings (SSSR count). The molecule has 0 aliphatic heterocycles. The zero-order chi connectivity index (χ0) is 13.0. The summed E-state index contributed by atoms with van der Waals surface area (Å²) >= 11 is 2.32. The number of aromatic nitrogens is 1. The van der Waals surface area contributed by atoms with Crippen molar-refractivity contribution in [2.45, 2.75) is 6.42 Å². The van der Waals surface area contributed by atoms with Crippen molar-refractivity contribution < 1.29 is 5.11 Å². The molecule has 0 spiro atoms. The van der Waals surface area contributed by atoms with Crippen LogP contribution in [-0.4, -0.2) is 10.1 Å². The number of phenolic OH excluding ortho intramolecular Hbond substituents is 1. The number of nitrogens with zero attached hydrogens (tertiary/aromatic N) is 1. The first-order valence-corrected chi connectivity index (χ1v) is 7.21. The molecule has 0 fully saturated rings. The molecule has 0 unspecified atom stereocenters. The molecule has 3 aromatic rings. The minimum Gasteiger partial charge on any atom is -0.507 e. The average Bonchev–Trinajstić information content (AvgIpc) is 2.80. The first-order valence-electron chi connectivity index (χ1n) is 6.13. The van der Waals surface area contributed by atoms with Gasteiger partial charge in [0.1, 0.15) is 5.75 Å². The topological polar surface area (TPSA) is 33.1 Å². The van der Waals surface area contributed by atoms with Gasteiger partial charge in [-0.1, -0.05) is 18.2 Å². The number of benzene rings is 2. The molecule has 0 atom stereocenters. The van der Waals surface area contributed by atoms with E-state index in [4.69, 9.17) is 4.98 Å². The fourth-order valence-electron chi connectivity index (χ4n) is 2.75. The Morgan fingerprint density at radius 1 is 1.11 bits per heavy atom. The molecular formula is C16H10INO. The van der Waals surface area contributed by atoms with E-state index in [0.29, 0.717) is 5.75 Å². The maximum Gasteiger partial charge on any atom is 0.125 e. The van der Waals surface area contributed by atoms with Crippen LogP contribution in [0.15, 0.2) is 42.5 Å². The van der Waals surface area contributed by atoms with Gasteiger partial charge in [0.05, 0.1) is 11.2 Å². The second-order valence-electron chi connectivity index (χ2n) is 4.79. The van der Waals surface area contributed by atoms with Crippen LogP contribution in [0.1, 0.15) is 11.1 Å². The molecule has 19 heavy (non-hydrogen) atoms. The third-order valence-corrected chi connectivity index (χ3v) is 4.65. The molecule has 1 N–H and O–H groups in total. The van der Waals surface area contributed by atoms with E-state index in [-0.39, 0.29) is 0 Å². The van der Waals surface area contributed by atoms with Crippen molar-refractivity contribution in [2.75, 3.05) is 0 Å². The molecule has 2 nitrogen and oxygen atoms in total. The van der Waals surface area contributed by atoms with E-state index in [9.17, 15) is 5.11 Å². The van der Waals surface area contributed by atoms with Crippen LogP contribution in [0.4, 0.5) is 0 Å². The molecule has 0 amide bonds. The zero-order valence-electron chi connectivity index (χ0n) is 10.0. The van der Waals surface area contributed by atoms with Crippen LogP contribution >= 0.6 is 22.6 Å². The van der Waals surface area contributed by atoms with Crippen LogP contribution in [-0.2, 0) is 6.42 Å². The molecule has 1 aliphatic rings. The first-order chi connectivity index (χ1) is 9.24. The van der Waals surface area contributed by atoms with Gasteiger partial charge in [0, 0.05) is 20.9 Å². The van der Waals surface area contributed by atoms with E-state index in [2.05, 4.69) is 34.7 Å². The van der Waals surface area contributed by atoms with E-state index < -0.39 is 0 Å². The normalized spacial score (nSPS) is 12.5. The molecule has 92 valence electrons. The van der Waals surface area contributed by atoms with Gasteiger partial charge in [-0.05, 0) is 58.0 Å². The van der Waals surface area contributed by atoms with Gasteiger partial charge in [-0.25, -0.2) is 4.98 Å². The molecule has 0 bridgehead atoms. The first kappa shape index (κ1) is 11.2. The lowest BCUT2D eigenvalue weighted by atomic mass is 10.1. The Hall–Kier alpha value is -1.62. The number of rotatable bonds is 0. The Morgan fingerprint density at radius 2 is 1.95 bits per heavy atom. The summed E-state index contributed by atoms with van der Waals surface area (Å²) in [5, 5.41) is 11.3. The molecule has 1 aromatic heterocycles. The number of hydrogen-bond acceptors (Lipinski definition) is 2. The molecule has 1 heterocycles. The monoisotopic (exact) mass is 359 g/mol. The van der Waals surface area contributed by atoms with Crippen molar-refractivity contribution in [2.24, 2.45) is 0 Å². The molecule has 1 aliphatic carbocycles. The fraction of sp³-hybridized carbons (Fsp3) is 0.0625. The van der Waals surface area contributed by atoms with Crippen LogP contribution in [0, 0.1) is 3.57 Å². The van der Waals surface area contributed by atoms with E-state index >= 15 is 0 Å². The number of para-hydroxylation sites is 1. The van der Waals surface area contributed by atoms with Crippen LogP contribution in [0.2, 0.25) is 0 Å². The standard InChI is InChI=1S/C16H10INO/c17-12-5-6-14(19)15-11(12)8-10-7-9-3-1-2-4-13(9)18-16(10)15/h1-7,19H,8H2. The van der Waals surface area contributed by atoms with Gasteiger partial charge in [0.15, 0.2) is 0 Å². The van der Waals surface area contributed by atoms with Gasteiger partial charge in [0.25, 0.3) is 0 Å². The average molecular weight is 359 g/mol. The Balaban J connectivity index is 2.09. The van der Waals surface area contributed by atoms with Crippen molar-refractivity contribution in [3.05, 3.63) is 57.2 Å². The molecule has 0 saturated heterocycles. The predicted octanol–water partition coefficient (Wildman–Crippen LogP) is 4.12. The molecule has 2 aromatic carbocycles. The number of pyridine rings is 1. The lowest BCUT2D eigenvalue weighted by Gasteiger charge is -2.05. The van der Waals surface area contributed by atoms with E-state index in [1.54, 1.807) is 6.07 Å². The van der Waals surface area contributed by atoms with Crippen LogP contribution in [0.3, 0.4) is 0 Å². The highest BCUT2D eigenvalue weighted by Crippen LogP contribution is 2.43. The highest BCUT2D eigenvalue weighted by Gasteiger charge is 2.25. The summed E-state index contributed by atoms with van der Waals surface area (Å²) in [4.78, 5) is 4.74. The van der Waals surface area contributed by atoms with E-state index in [1.807, 2.05) is 24.3 Å². The predicted molar refractivity (Wildman–Crippen MR) is 84.4 cm³/mol. The van der Waals surface area contributed by atoms with Crippen molar-refractivity contribution in [3.8, 4) is 17.0 Å². The summed E-state index contributed by atoms with van der Waals surface area (Å²) in [6.07, 6.45) is 0.856. The number of halogens is 1. The number of hydrogen-bond donors (Lipinski definition) is 1. The Morgan fingerprint density at radius 3 is 2.84 bits per heavy atom. The van der Waals surface area contributed by atoms with Crippen LogP contribution in [0.25, 0.3) is 22.2 Å². The number of fused-ring (bicyclic) bond motifs is 4. The highest BCUT2D eigenvalue weighted by molar-refractivity contribution is 14.1. The SMILES string of the molecule is Oc1ccc(I)c2c1-c1nc3ccccc3cc1C2. The summed E-state index contributed by atoms with van der Waals surface area (Å²) in [5.74, 6) is 0.331. The number of aromatic hydroxyl groups is 1.